The molecule has 0 bridgehead atoms. The predicted octanol–water partition coefficient (Wildman–Crippen LogP) is 3.85. The third-order valence-electron chi connectivity index (χ3n) is 3.04. The van der Waals surface area contributed by atoms with Crippen molar-refractivity contribution in [3.05, 3.63) is 0 Å². The molecule has 1 atom stereocenters. The van der Waals surface area contributed by atoms with Crippen LogP contribution < -0.4 is 5.32 Å². The standard InChI is InChI=1S/C15H33NO/c1-7-10-16-14(15(4,5)6)12-17-11-8-9-13(2)3/h13-14,16H,7-12H2,1-6H3. The highest BCUT2D eigenvalue weighted by atomic mass is 16.5. The first-order valence-corrected chi connectivity index (χ1v) is 7.19. The minimum Gasteiger partial charge on any atom is -0.380 e. The number of rotatable bonds is 9. The maximum absolute atomic E-state index is 5.81. The Bertz CT molecular complexity index is 172. The van der Waals surface area contributed by atoms with Crippen molar-refractivity contribution in [2.75, 3.05) is 19.8 Å². The lowest BCUT2D eigenvalue weighted by Crippen LogP contribution is -2.44. The molecule has 0 aromatic carbocycles. The van der Waals surface area contributed by atoms with Crippen LogP contribution in [0.1, 0.15) is 60.8 Å². The lowest BCUT2D eigenvalue weighted by Gasteiger charge is -2.31. The molecule has 2 heteroatoms. The quantitative estimate of drug-likeness (QED) is 0.621. The first kappa shape index (κ1) is 16.9. The maximum atomic E-state index is 5.81. The molecule has 0 aliphatic carbocycles. The van der Waals surface area contributed by atoms with Gasteiger partial charge in [-0.3, -0.25) is 0 Å². The van der Waals surface area contributed by atoms with Crippen LogP contribution in [0.4, 0.5) is 0 Å². The Morgan fingerprint density at radius 1 is 1.18 bits per heavy atom. The van der Waals surface area contributed by atoms with E-state index < -0.39 is 0 Å². The van der Waals surface area contributed by atoms with Crippen molar-refractivity contribution >= 4 is 0 Å². The molecule has 0 saturated heterocycles. The van der Waals surface area contributed by atoms with Crippen LogP contribution in [0, 0.1) is 11.3 Å². The van der Waals surface area contributed by atoms with Gasteiger partial charge in [0, 0.05) is 12.6 Å². The summed E-state index contributed by atoms with van der Waals surface area (Å²) in [7, 11) is 0. The first-order valence-electron chi connectivity index (χ1n) is 7.19. The van der Waals surface area contributed by atoms with E-state index in [1.807, 2.05) is 0 Å². The lowest BCUT2D eigenvalue weighted by molar-refractivity contribution is 0.0720. The third-order valence-corrected chi connectivity index (χ3v) is 3.04. The van der Waals surface area contributed by atoms with E-state index in [-0.39, 0.29) is 5.41 Å². The zero-order chi connectivity index (χ0) is 13.3. The first-order chi connectivity index (χ1) is 7.88. The molecule has 0 heterocycles. The van der Waals surface area contributed by atoms with E-state index >= 15 is 0 Å². The summed E-state index contributed by atoms with van der Waals surface area (Å²) in [4.78, 5) is 0. The molecule has 1 N–H and O–H groups in total. The van der Waals surface area contributed by atoms with Crippen LogP contribution in [0.25, 0.3) is 0 Å². The van der Waals surface area contributed by atoms with Gasteiger partial charge in [0.05, 0.1) is 6.61 Å². The molecule has 17 heavy (non-hydrogen) atoms. The van der Waals surface area contributed by atoms with Crippen LogP contribution in [0.3, 0.4) is 0 Å². The Hall–Kier alpha value is -0.0800. The van der Waals surface area contributed by atoms with Crippen LogP contribution in [0.5, 0.6) is 0 Å². The molecule has 0 fully saturated rings. The minimum absolute atomic E-state index is 0.271. The monoisotopic (exact) mass is 243 g/mol. The molecule has 0 saturated carbocycles. The van der Waals surface area contributed by atoms with Crippen LogP contribution in [0.2, 0.25) is 0 Å². The summed E-state index contributed by atoms with van der Waals surface area (Å²) in [6.07, 6.45) is 3.63. The van der Waals surface area contributed by atoms with Gasteiger partial charge in [0.2, 0.25) is 0 Å². The number of ether oxygens (including phenoxy) is 1. The highest BCUT2D eigenvalue weighted by Crippen LogP contribution is 2.19. The van der Waals surface area contributed by atoms with E-state index in [0.29, 0.717) is 6.04 Å². The molecular formula is C15H33NO. The highest BCUT2D eigenvalue weighted by Gasteiger charge is 2.23. The largest absolute Gasteiger partial charge is 0.380 e. The SMILES string of the molecule is CCCNC(COCCCC(C)C)C(C)(C)C. The Labute approximate surface area is 109 Å². The Balaban J connectivity index is 3.76. The summed E-state index contributed by atoms with van der Waals surface area (Å²) in [5.74, 6) is 0.787. The van der Waals surface area contributed by atoms with Crippen molar-refractivity contribution in [2.45, 2.75) is 66.8 Å². The van der Waals surface area contributed by atoms with Gasteiger partial charge in [-0.15, -0.1) is 0 Å². The number of nitrogens with one attached hydrogen (secondary N) is 1. The van der Waals surface area contributed by atoms with Gasteiger partial charge in [0.15, 0.2) is 0 Å². The van der Waals surface area contributed by atoms with Gasteiger partial charge >= 0.3 is 0 Å². The Morgan fingerprint density at radius 2 is 1.82 bits per heavy atom. The third kappa shape index (κ3) is 9.61. The summed E-state index contributed by atoms with van der Waals surface area (Å²) in [5, 5.41) is 3.58. The van der Waals surface area contributed by atoms with E-state index in [0.717, 1.165) is 25.7 Å². The average Bonchev–Trinajstić information content (AvgIpc) is 2.19. The van der Waals surface area contributed by atoms with Crippen molar-refractivity contribution in [2.24, 2.45) is 11.3 Å². The van der Waals surface area contributed by atoms with Gasteiger partial charge in [0.25, 0.3) is 0 Å². The summed E-state index contributed by atoms with van der Waals surface area (Å²) in [6.45, 7) is 16.4. The van der Waals surface area contributed by atoms with Crippen LogP contribution >= 0.6 is 0 Å². The zero-order valence-corrected chi connectivity index (χ0v) is 12.8. The molecule has 0 aromatic rings. The molecule has 1 unspecified atom stereocenters. The van der Waals surface area contributed by atoms with Crippen molar-refractivity contribution in [1.82, 2.24) is 5.32 Å². The second-order valence-corrected chi connectivity index (χ2v) is 6.48. The number of hydrogen-bond donors (Lipinski definition) is 1. The van der Waals surface area contributed by atoms with Gasteiger partial charge in [-0.2, -0.15) is 0 Å². The Morgan fingerprint density at radius 3 is 2.29 bits per heavy atom. The average molecular weight is 243 g/mol. The molecule has 0 rings (SSSR count). The fourth-order valence-corrected chi connectivity index (χ4v) is 1.73. The van der Waals surface area contributed by atoms with Crippen molar-refractivity contribution in [3.8, 4) is 0 Å². The fourth-order valence-electron chi connectivity index (χ4n) is 1.73. The molecule has 2 nitrogen and oxygen atoms in total. The molecule has 0 radical (unpaired) electrons. The van der Waals surface area contributed by atoms with Crippen molar-refractivity contribution in [1.29, 1.82) is 0 Å². The van der Waals surface area contributed by atoms with Crippen LogP contribution in [0.15, 0.2) is 0 Å². The summed E-state index contributed by atoms with van der Waals surface area (Å²) < 4.78 is 5.81. The molecular weight excluding hydrogens is 210 g/mol. The fraction of sp³-hybridized carbons (Fsp3) is 1.00. The smallest absolute Gasteiger partial charge is 0.0624 e. The second kappa shape index (κ2) is 8.93. The van der Waals surface area contributed by atoms with Crippen molar-refractivity contribution in [3.63, 3.8) is 0 Å². The van der Waals surface area contributed by atoms with E-state index in [1.165, 1.54) is 19.3 Å². The predicted molar refractivity (Wildman–Crippen MR) is 76.4 cm³/mol. The van der Waals surface area contributed by atoms with Gasteiger partial charge in [-0.1, -0.05) is 41.5 Å². The normalized spacial score (nSPS) is 14.3. The van der Waals surface area contributed by atoms with E-state index in [9.17, 15) is 0 Å². The van der Waals surface area contributed by atoms with E-state index in [1.54, 1.807) is 0 Å². The van der Waals surface area contributed by atoms with Gasteiger partial charge in [-0.05, 0) is 37.1 Å². The highest BCUT2D eigenvalue weighted by molar-refractivity contribution is 4.80. The molecule has 0 aromatic heterocycles. The molecule has 0 amide bonds. The lowest BCUT2D eigenvalue weighted by atomic mass is 9.87. The maximum Gasteiger partial charge on any atom is 0.0624 e. The minimum atomic E-state index is 0.271. The molecule has 0 aliphatic rings. The van der Waals surface area contributed by atoms with Crippen LogP contribution in [-0.2, 0) is 4.74 Å². The van der Waals surface area contributed by atoms with Crippen molar-refractivity contribution < 1.29 is 4.74 Å². The summed E-state index contributed by atoms with van der Waals surface area (Å²) >= 11 is 0. The van der Waals surface area contributed by atoms with Gasteiger partial charge < -0.3 is 10.1 Å². The van der Waals surface area contributed by atoms with Gasteiger partial charge in [0.1, 0.15) is 0 Å². The van der Waals surface area contributed by atoms with Crippen LogP contribution in [-0.4, -0.2) is 25.8 Å². The zero-order valence-electron chi connectivity index (χ0n) is 12.8. The van der Waals surface area contributed by atoms with Gasteiger partial charge in [-0.25, -0.2) is 0 Å². The topological polar surface area (TPSA) is 21.3 Å². The number of hydrogen-bond acceptors (Lipinski definition) is 2. The molecule has 0 spiro atoms. The summed E-state index contributed by atoms with van der Waals surface area (Å²) in [5.41, 5.74) is 0.271. The molecule has 0 aliphatic heterocycles. The second-order valence-electron chi connectivity index (χ2n) is 6.48. The van der Waals surface area contributed by atoms with E-state index in [2.05, 4.69) is 46.9 Å². The Kier molecular flexibility index (Phi) is 8.89. The molecule has 104 valence electrons. The van der Waals surface area contributed by atoms with E-state index in [4.69, 9.17) is 4.74 Å². The summed E-state index contributed by atoms with van der Waals surface area (Å²) in [6, 6.07) is 0.460.